The lowest BCUT2D eigenvalue weighted by molar-refractivity contribution is 1.06. The molecule has 2 N–H and O–H groups in total. The van der Waals surface area contributed by atoms with E-state index in [1.165, 1.54) is 19.6 Å². The maximum Gasteiger partial charge on any atom is 0.0178 e. The summed E-state index contributed by atoms with van der Waals surface area (Å²) in [6.07, 6.45) is 0. The van der Waals surface area contributed by atoms with Crippen molar-refractivity contribution in [2.75, 3.05) is 0 Å². The predicted molar refractivity (Wildman–Crippen MR) is 114 cm³/mol. The molecule has 2 heteroatoms. The smallest absolute Gasteiger partial charge is 0.0178 e. The quantitative estimate of drug-likeness (QED) is 0.428. The van der Waals surface area contributed by atoms with Gasteiger partial charge in [0.05, 0.1) is 0 Å². The van der Waals surface area contributed by atoms with Crippen molar-refractivity contribution >= 4 is 10.0 Å². The van der Waals surface area contributed by atoms with Gasteiger partial charge in [0.2, 0.25) is 0 Å². The average molecular weight is 370 g/mol. The SMILES string of the molecule is NCc1ccc(S(c2ccccc2)(c2ccccc2)c2ccccc2)cc1. The average Bonchev–Trinajstić information content (AvgIpc) is 2.77. The molecule has 0 aliphatic carbocycles. The van der Waals surface area contributed by atoms with Gasteiger partial charge < -0.3 is 5.73 Å². The van der Waals surface area contributed by atoms with Crippen LogP contribution in [-0.4, -0.2) is 0 Å². The van der Waals surface area contributed by atoms with Gasteiger partial charge >= 0.3 is 0 Å². The Labute approximate surface area is 162 Å². The maximum atomic E-state index is 5.85. The van der Waals surface area contributed by atoms with E-state index in [2.05, 4.69) is 115 Å². The maximum absolute atomic E-state index is 5.85. The van der Waals surface area contributed by atoms with Gasteiger partial charge in [-0.05, 0) is 54.1 Å². The number of benzene rings is 4. The molecular formula is C25H23NS. The fourth-order valence-electron chi connectivity index (χ4n) is 3.52. The molecule has 0 aliphatic rings. The van der Waals surface area contributed by atoms with Crippen LogP contribution in [0.5, 0.6) is 0 Å². The molecule has 0 fully saturated rings. The number of rotatable bonds is 5. The minimum Gasteiger partial charge on any atom is -0.326 e. The Morgan fingerprint density at radius 1 is 0.444 bits per heavy atom. The molecule has 0 spiro atoms. The first-order valence-corrected chi connectivity index (χ1v) is 10.8. The lowest BCUT2D eigenvalue weighted by Gasteiger charge is -2.42. The van der Waals surface area contributed by atoms with Gasteiger partial charge in [0.15, 0.2) is 0 Å². The molecule has 0 atom stereocenters. The molecule has 0 saturated carbocycles. The summed E-state index contributed by atoms with van der Waals surface area (Å²) in [5, 5.41) is 0. The zero-order valence-electron chi connectivity index (χ0n) is 15.2. The van der Waals surface area contributed by atoms with Crippen molar-refractivity contribution in [1.29, 1.82) is 0 Å². The van der Waals surface area contributed by atoms with E-state index < -0.39 is 10.0 Å². The zero-order chi connectivity index (χ0) is 18.5. The Balaban J connectivity index is 2.09. The molecule has 0 aromatic heterocycles. The van der Waals surface area contributed by atoms with E-state index in [-0.39, 0.29) is 0 Å². The fraction of sp³-hybridized carbons (Fsp3) is 0.0400. The number of nitrogens with two attached hydrogens (primary N) is 1. The molecule has 0 aliphatic heterocycles. The lowest BCUT2D eigenvalue weighted by Crippen LogP contribution is -2.05. The molecule has 0 saturated heterocycles. The van der Waals surface area contributed by atoms with E-state index in [9.17, 15) is 0 Å². The molecule has 0 radical (unpaired) electrons. The van der Waals surface area contributed by atoms with Crippen LogP contribution in [0.3, 0.4) is 0 Å². The normalized spacial score (nSPS) is 11.9. The van der Waals surface area contributed by atoms with Crippen LogP contribution in [0.4, 0.5) is 0 Å². The van der Waals surface area contributed by atoms with E-state index >= 15 is 0 Å². The van der Waals surface area contributed by atoms with E-state index in [4.69, 9.17) is 5.73 Å². The molecule has 0 heterocycles. The molecule has 1 nitrogen and oxygen atoms in total. The van der Waals surface area contributed by atoms with Crippen molar-refractivity contribution in [3.8, 4) is 0 Å². The van der Waals surface area contributed by atoms with Gasteiger partial charge in [0.1, 0.15) is 0 Å². The van der Waals surface area contributed by atoms with Crippen LogP contribution in [0.15, 0.2) is 135 Å². The highest BCUT2D eigenvalue weighted by Gasteiger charge is 2.32. The highest BCUT2D eigenvalue weighted by Crippen LogP contribution is 2.73. The Morgan fingerprint density at radius 2 is 0.778 bits per heavy atom. The van der Waals surface area contributed by atoms with Gasteiger partial charge in [-0.15, -0.1) is 10.0 Å². The van der Waals surface area contributed by atoms with Crippen molar-refractivity contribution in [3.63, 3.8) is 0 Å². The minimum atomic E-state index is -1.58. The second-order valence-corrected chi connectivity index (χ2v) is 9.51. The van der Waals surface area contributed by atoms with Crippen molar-refractivity contribution in [2.24, 2.45) is 5.73 Å². The van der Waals surface area contributed by atoms with Crippen molar-refractivity contribution in [1.82, 2.24) is 0 Å². The monoisotopic (exact) mass is 369 g/mol. The molecular weight excluding hydrogens is 346 g/mol. The Bertz CT molecular complexity index is 884. The van der Waals surface area contributed by atoms with Crippen LogP contribution < -0.4 is 5.73 Å². The summed E-state index contributed by atoms with van der Waals surface area (Å²) >= 11 is 0. The van der Waals surface area contributed by atoms with Crippen molar-refractivity contribution in [2.45, 2.75) is 26.1 Å². The first-order valence-electron chi connectivity index (χ1n) is 9.13. The third kappa shape index (κ3) is 3.18. The first-order chi connectivity index (χ1) is 13.4. The van der Waals surface area contributed by atoms with Crippen LogP contribution in [0, 0.1) is 0 Å². The Kier molecular flexibility index (Phi) is 5.10. The van der Waals surface area contributed by atoms with Gasteiger partial charge in [0, 0.05) is 26.1 Å². The highest BCUT2D eigenvalue weighted by molar-refractivity contribution is 8.34. The van der Waals surface area contributed by atoms with E-state index in [0.29, 0.717) is 6.54 Å². The van der Waals surface area contributed by atoms with Crippen molar-refractivity contribution < 1.29 is 0 Å². The first kappa shape index (κ1) is 17.6. The van der Waals surface area contributed by atoms with Crippen LogP contribution in [0.2, 0.25) is 0 Å². The van der Waals surface area contributed by atoms with Gasteiger partial charge in [0.25, 0.3) is 0 Å². The molecule has 0 amide bonds. The summed E-state index contributed by atoms with van der Waals surface area (Å²) < 4.78 is 0. The van der Waals surface area contributed by atoms with Gasteiger partial charge in [-0.3, -0.25) is 0 Å². The van der Waals surface area contributed by atoms with Crippen LogP contribution >= 0.6 is 10.0 Å². The standard InChI is InChI=1S/C25H23NS/c26-20-21-16-18-25(19-17-21)27(22-10-4-1-5-11-22,23-12-6-2-7-13-23)24-14-8-3-9-15-24/h1-19H,20,26H2. The highest BCUT2D eigenvalue weighted by atomic mass is 32.3. The zero-order valence-corrected chi connectivity index (χ0v) is 16.0. The van der Waals surface area contributed by atoms with E-state index in [1.54, 1.807) is 0 Å². The van der Waals surface area contributed by atoms with Gasteiger partial charge in [-0.2, -0.15) is 0 Å². The van der Waals surface area contributed by atoms with E-state index in [1.807, 2.05) is 0 Å². The van der Waals surface area contributed by atoms with Crippen LogP contribution in [0.25, 0.3) is 0 Å². The minimum absolute atomic E-state index is 0.560. The van der Waals surface area contributed by atoms with E-state index in [0.717, 1.165) is 5.56 Å². The molecule has 0 unspecified atom stereocenters. The van der Waals surface area contributed by atoms with Crippen molar-refractivity contribution in [3.05, 3.63) is 121 Å². The molecule has 0 bridgehead atoms. The summed E-state index contributed by atoms with van der Waals surface area (Å²) in [7, 11) is -1.58. The molecule has 134 valence electrons. The Morgan fingerprint density at radius 3 is 1.11 bits per heavy atom. The predicted octanol–water partition coefficient (Wildman–Crippen LogP) is 6.49. The van der Waals surface area contributed by atoms with Crippen LogP contribution in [0.1, 0.15) is 5.56 Å². The summed E-state index contributed by atoms with van der Waals surface area (Å²) in [5.74, 6) is 0. The third-order valence-electron chi connectivity index (χ3n) is 4.80. The Hall–Kier alpha value is -2.81. The summed E-state index contributed by atoms with van der Waals surface area (Å²) in [4.78, 5) is 5.33. The third-order valence-corrected chi connectivity index (χ3v) is 8.72. The molecule has 4 aromatic carbocycles. The van der Waals surface area contributed by atoms with Gasteiger partial charge in [-0.1, -0.05) is 66.7 Å². The molecule has 4 aromatic rings. The summed E-state index contributed by atoms with van der Waals surface area (Å²) in [6.45, 7) is 0.560. The summed E-state index contributed by atoms with van der Waals surface area (Å²) in [6, 6.07) is 41.4. The van der Waals surface area contributed by atoms with Crippen LogP contribution in [-0.2, 0) is 6.54 Å². The molecule has 4 rings (SSSR count). The fourth-order valence-corrected chi connectivity index (χ4v) is 7.39. The lowest BCUT2D eigenvalue weighted by atomic mass is 10.2. The topological polar surface area (TPSA) is 26.0 Å². The number of hydrogen-bond acceptors (Lipinski definition) is 1. The second kappa shape index (κ2) is 7.83. The second-order valence-electron chi connectivity index (χ2n) is 6.40. The largest absolute Gasteiger partial charge is 0.326 e. The van der Waals surface area contributed by atoms with Gasteiger partial charge in [-0.25, -0.2) is 0 Å². The number of hydrogen-bond donors (Lipinski definition) is 1. The summed E-state index contributed by atoms with van der Waals surface area (Å²) in [5.41, 5.74) is 7.00. The molecule has 27 heavy (non-hydrogen) atoms.